The average Bonchev–Trinajstić information content (AvgIpc) is 2.76. The molecule has 2 nitrogen and oxygen atoms in total. The van der Waals surface area contributed by atoms with Gasteiger partial charge in [0.05, 0.1) is 0 Å². The van der Waals surface area contributed by atoms with Crippen LogP contribution in [0.3, 0.4) is 0 Å². The Kier molecular flexibility index (Phi) is 12.2. The lowest BCUT2D eigenvalue weighted by atomic mass is 10.0. The van der Waals surface area contributed by atoms with Gasteiger partial charge in [-0.25, -0.2) is 0 Å². The molecule has 2 heteroatoms. The first-order valence-corrected chi connectivity index (χ1v) is 12.1. The van der Waals surface area contributed by atoms with E-state index in [0.717, 1.165) is 23.9 Å². The second-order valence-corrected chi connectivity index (χ2v) is 8.41. The van der Waals surface area contributed by atoms with Crippen LogP contribution in [0.1, 0.15) is 107 Å². The highest BCUT2D eigenvalue weighted by atomic mass is 16.1. The molecule has 0 aliphatic rings. The topological polar surface area (TPSA) is 29.1 Å². The molecule has 29 heavy (non-hydrogen) atoms. The van der Waals surface area contributed by atoms with E-state index in [1.54, 1.807) is 0 Å². The van der Waals surface area contributed by atoms with Crippen molar-refractivity contribution >= 4 is 16.7 Å². The summed E-state index contributed by atoms with van der Waals surface area (Å²) in [5.74, 6) is 0.0467. The van der Waals surface area contributed by atoms with Gasteiger partial charge in [0, 0.05) is 12.1 Å². The molecule has 2 aromatic carbocycles. The molecular formula is C27H41NO. The maximum Gasteiger partial charge on any atom is 0.251 e. The third-order valence-electron chi connectivity index (χ3n) is 5.83. The number of carbonyl (C=O) groups excluding carboxylic acids is 1. The number of nitrogens with one attached hydrogen (secondary N) is 1. The number of hydrogen-bond acceptors (Lipinski definition) is 1. The van der Waals surface area contributed by atoms with Crippen LogP contribution in [0.4, 0.5) is 0 Å². The van der Waals surface area contributed by atoms with Crippen molar-refractivity contribution in [3.63, 3.8) is 0 Å². The quantitative estimate of drug-likeness (QED) is 0.286. The molecule has 1 amide bonds. The summed E-state index contributed by atoms with van der Waals surface area (Å²) in [4.78, 5) is 12.3. The molecule has 0 heterocycles. The highest BCUT2D eigenvalue weighted by molar-refractivity contribution is 5.98. The summed E-state index contributed by atoms with van der Waals surface area (Å²) in [6.07, 6.45) is 19.0. The molecule has 0 saturated carbocycles. The normalized spacial score (nSPS) is 11.1. The molecule has 2 rings (SSSR count). The Labute approximate surface area is 178 Å². The van der Waals surface area contributed by atoms with E-state index < -0.39 is 0 Å². The fourth-order valence-corrected chi connectivity index (χ4v) is 3.95. The van der Waals surface area contributed by atoms with Gasteiger partial charge in [-0.1, -0.05) is 121 Å². The average molecular weight is 396 g/mol. The molecule has 1 N–H and O–H groups in total. The minimum absolute atomic E-state index is 0.0467. The van der Waals surface area contributed by atoms with Gasteiger partial charge in [0.25, 0.3) is 5.91 Å². The van der Waals surface area contributed by atoms with E-state index in [2.05, 4.69) is 24.4 Å². The van der Waals surface area contributed by atoms with E-state index in [9.17, 15) is 4.79 Å². The van der Waals surface area contributed by atoms with E-state index in [-0.39, 0.29) is 5.91 Å². The number of amides is 1. The summed E-state index contributed by atoms with van der Waals surface area (Å²) in [6, 6.07) is 14.1. The second-order valence-electron chi connectivity index (χ2n) is 8.41. The standard InChI is InChI=1S/C27H41NO/c1-2-3-4-5-6-7-8-9-10-11-12-13-14-17-22-28-27(29)26-21-20-24-18-15-16-19-25(24)23-26/h15-16,18-21,23H,2-14,17,22H2,1H3,(H,28,29). The molecule has 0 spiro atoms. The van der Waals surface area contributed by atoms with Gasteiger partial charge in [0.15, 0.2) is 0 Å². The van der Waals surface area contributed by atoms with Gasteiger partial charge in [0.1, 0.15) is 0 Å². The minimum Gasteiger partial charge on any atom is -0.352 e. The number of unbranched alkanes of at least 4 members (excludes halogenated alkanes) is 13. The second kappa shape index (κ2) is 15.1. The zero-order valence-electron chi connectivity index (χ0n) is 18.6. The van der Waals surface area contributed by atoms with Gasteiger partial charge < -0.3 is 5.32 Å². The molecule has 2 aromatic rings. The lowest BCUT2D eigenvalue weighted by Crippen LogP contribution is -2.24. The smallest absolute Gasteiger partial charge is 0.251 e. The minimum atomic E-state index is 0.0467. The van der Waals surface area contributed by atoms with Crippen molar-refractivity contribution in [2.24, 2.45) is 0 Å². The van der Waals surface area contributed by atoms with E-state index in [4.69, 9.17) is 0 Å². The predicted molar refractivity (Wildman–Crippen MR) is 127 cm³/mol. The maximum atomic E-state index is 12.3. The van der Waals surface area contributed by atoms with Crippen LogP contribution in [0.15, 0.2) is 42.5 Å². The zero-order chi connectivity index (χ0) is 20.6. The molecule has 0 atom stereocenters. The molecule has 0 unspecified atom stereocenters. The van der Waals surface area contributed by atoms with Crippen molar-refractivity contribution in [3.05, 3.63) is 48.0 Å². The van der Waals surface area contributed by atoms with Crippen molar-refractivity contribution < 1.29 is 4.79 Å². The summed E-state index contributed by atoms with van der Waals surface area (Å²) in [5, 5.41) is 5.37. The summed E-state index contributed by atoms with van der Waals surface area (Å²) in [7, 11) is 0. The third kappa shape index (κ3) is 9.96. The number of rotatable bonds is 16. The van der Waals surface area contributed by atoms with Crippen LogP contribution >= 0.6 is 0 Å². The maximum absolute atomic E-state index is 12.3. The lowest BCUT2D eigenvalue weighted by molar-refractivity contribution is 0.0953. The lowest BCUT2D eigenvalue weighted by Gasteiger charge is -2.07. The van der Waals surface area contributed by atoms with Crippen molar-refractivity contribution in [1.82, 2.24) is 5.32 Å². The van der Waals surface area contributed by atoms with Crippen LogP contribution in [-0.2, 0) is 0 Å². The summed E-state index contributed by atoms with van der Waals surface area (Å²) in [6.45, 7) is 3.06. The highest BCUT2D eigenvalue weighted by Gasteiger charge is 2.05. The predicted octanol–water partition coefficient (Wildman–Crippen LogP) is 8.05. The van der Waals surface area contributed by atoms with Crippen LogP contribution in [0.5, 0.6) is 0 Å². The summed E-state index contributed by atoms with van der Waals surface area (Å²) >= 11 is 0. The van der Waals surface area contributed by atoms with E-state index in [1.807, 2.05) is 30.3 Å². The van der Waals surface area contributed by atoms with E-state index in [0.29, 0.717) is 0 Å². The zero-order valence-corrected chi connectivity index (χ0v) is 18.6. The largest absolute Gasteiger partial charge is 0.352 e. The Morgan fingerprint density at radius 1 is 0.655 bits per heavy atom. The number of fused-ring (bicyclic) bond motifs is 1. The molecule has 0 aliphatic heterocycles. The van der Waals surface area contributed by atoms with Gasteiger partial charge in [-0.2, -0.15) is 0 Å². The first-order valence-electron chi connectivity index (χ1n) is 12.1. The Balaban J connectivity index is 1.41. The summed E-state index contributed by atoms with van der Waals surface area (Å²) < 4.78 is 0. The van der Waals surface area contributed by atoms with Gasteiger partial charge in [-0.05, 0) is 29.3 Å². The molecular weight excluding hydrogens is 354 g/mol. The Bertz CT molecular complexity index is 694. The molecule has 0 fully saturated rings. The Morgan fingerprint density at radius 2 is 1.17 bits per heavy atom. The number of carbonyl (C=O) groups is 1. The molecule has 0 radical (unpaired) electrons. The third-order valence-corrected chi connectivity index (χ3v) is 5.83. The van der Waals surface area contributed by atoms with Crippen molar-refractivity contribution in [3.8, 4) is 0 Å². The monoisotopic (exact) mass is 395 g/mol. The first-order chi connectivity index (χ1) is 14.3. The fourth-order valence-electron chi connectivity index (χ4n) is 3.95. The number of benzene rings is 2. The molecule has 160 valence electrons. The van der Waals surface area contributed by atoms with Gasteiger partial charge in [-0.15, -0.1) is 0 Å². The molecule has 0 aliphatic carbocycles. The van der Waals surface area contributed by atoms with Gasteiger partial charge in [0.2, 0.25) is 0 Å². The Morgan fingerprint density at radius 3 is 1.76 bits per heavy atom. The van der Waals surface area contributed by atoms with Crippen LogP contribution in [0, 0.1) is 0 Å². The van der Waals surface area contributed by atoms with Crippen molar-refractivity contribution in [2.45, 2.75) is 96.8 Å². The Hall–Kier alpha value is -1.83. The van der Waals surface area contributed by atoms with Crippen LogP contribution < -0.4 is 5.32 Å². The van der Waals surface area contributed by atoms with Crippen LogP contribution in [0.2, 0.25) is 0 Å². The summed E-state index contributed by atoms with van der Waals surface area (Å²) in [5.41, 5.74) is 0.758. The van der Waals surface area contributed by atoms with Crippen molar-refractivity contribution in [1.29, 1.82) is 0 Å². The van der Waals surface area contributed by atoms with Gasteiger partial charge >= 0.3 is 0 Å². The fraction of sp³-hybridized carbons (Fsp3) is 0.593. The molecule has 0 saturated heterocycles. The van der Waals surface area contributed by atoms with Crippen LogP contribution in [-0.4, -0.2) is 12.5 Å². The van der Waals surface area contributed by atoms with E-state index in [1.165, 1.54) is 88.9 Å². The highest BCUT2D eigenvalue weighted by Crippen LogP contribution is 2.16. The van der Waals surface area contributed by atoms with Gasteiger partial charge in [-0.3, -0.25) is 4.79 Å². The molecule has 0 aromatic heterocycles. The van der Waals surface area contributed by atoms with Crippen molar-refractivity contribution in [2.75, 3.05) is 6.54 Å². The van der Waals surface area contributed by atoms with E-state index >= 15 is 0 Å². The van der Waals surface area contributed by atoms with Crippen LogP contribution in [0.25, 0.3) is 10.8 Å². The molecule has 0 bridgehead atoms. The number of hydrogen-bond donors (Lipinski definition) is 1. The first kappa shape index (κ1) is 23.4. The SMILES string of the molecule is CCCCCCCCCCCCCCCCNC(=O)c1ccc2ccccc2c1.